The van der Waals surface area contributed by atoms with Gasteiger partial charge in [-0.1, -0.05) is 47.7 Å². The van der Waals surface area contributed by atoms with Crippen LogP contribution in [0.4, 0.5) is 0 Å². The Bertz CT molecular complexity index is 2020. The minimum atomic E-state index is -0.781. The second-order valence-electron chi connectivity index (χ2n) is 10.4. The number of hydrogen-bond donors (Lipinski definition) is 0. The third-order valence-electron chi connectivity index (χ3n) is 6.92. The molecule has 11 heteroatoms. The van der Waals surface area contributed by atoms with Gasteiger partial charge in [-0.3, -0.25) is 9.36 Å². The lowest BCUT2D eigenvalue weighted by atomic mass is 9.95. The van der Waals surface area contributed by atoms with E-state index in [0.717, 1.165) is 14.7 Å². The predicted octanol–water partition coefficient (Wildman–Crippen LogP) is 6.40. The molecule has 45 heavy (non-hydrogen) atoms. The van der Waals surface area contributed by atoms with Crippen molar-refractivity contribution in [3.05, 3.63) is 122 Å². The molecule has 0 N–H and O–H groups in total. The lowest BCUT2D eigenvalue weighted by Crippen LogP contribution is -2.40. The molecule has 0 aliphatic carbocycles. The van der Waals surface area contributed by atoms with Crippen molar-refractivity contribution in [2.75, 3.05) is 6.61 Å². The van der Waals surface area contributed by atoms with E-state index >= 15 is 0 Å². The average Bonchev–Trinajstić information content (AvgIpc) is 3.30. The van der Waals surface area contributed by atoms with Crippen LogP contribution in [0.25, 0.3) is 6.08 Å². The zero-order valence-corrected chi connectivity index (χ0v) is 29.5. The van der Waals surface area contributed by atoms with E-state index in [2.05, 4.69) is 49.6 Å². The molecule has 0 spiro atoms. The van der Waals surface area contributed by atoms with E-state index in [1.165, 1.54) is 11.3 Å². The van der Waals surface area contributed by atoms with E-state index in [4.69, 9.17) is 14.2 Å². The monoisotopic (exact) mass is 797 g/mol. The molecule has 4 aromatic rings. The van der Waals surface area contributed by atoms with Crippen LogP contribution in [-0.4, -0.2) is 23.2 Å². The van der Waals surface area contributed by atoms with Crippen molar-refractivity contribution in [2.24, 2.45) is 4.99 Å². The lowest BCUT2D eigenvalue weighted by molar-refractivity contribution is -0.139. The topological polar surface area (TPSA) is 103 Å². The molecule has 0 unspecified atom stereocenters. The number of esters is 1. The van der Waals surface area contributed by atoms with Crippen LogP contribution in [0.5, 0.6) is 11.5 Å². The van der Waals surface area contributed by atoms with Gasteiger partial charge >= 0.3 is 5.97 Å². The number of halogens is 2. The van der Waals surface area contributed by atoms with E-state index in [-0.39, 0.29) is 24.9 Å². The van der Waals surface area contributed by atoms with Gasteiger partial charge in [0.2, 0.25) is 0 Å². The summed E-state index contributed by atoms with van der Waals surface area (Å²) in [5.41, 5.74) is 3.32. The van der Waals surface area contributed by atoms with Crippen LogP contribution in [0.1, 0.15) is 56.0 Å². The molecule has 2 heterocycles. The van der Waals surface area contributed by atoms with Crippen molar-refractivity contribution < 1.29 is 19.0 Å². The highest BCUT2D eigenvalue weighted by Gasteiger charge is 2.35. The number of aromatic nitrogens is 1. The number of carbonyl (C=O) groups is 1. The van der Waals surface area contributed by atoms with Gasteiger partial charge in [0.05, 0.1) is 48.2 Å². The summed E-state index contributed by atoms with van der Waals surface area (Å²) < 4.78 is 21.2. The van der Waals surface area contributed by atoms with Gasteiger partial charge in [0.1, 0.15) is 24.1 Å². The number of nitrogens with zero attached hydrogens (tertiary/aromatic N) is 3. The van der Waals surface area contributed by atoms with Crippen molar-refractivity contribution in [1.82, 2.24) is 4.57 Å². The van der Waals surface area contributed by atoms with Gasteiger partial charge in [0.15, 0.2) is 4.80 Å². The Morgan fingerprint density at radius 2 is 1.93 bits per heavy atom. The highest BCUT2D eigenvalue weighted by Crippen LogP contribution is 2.36. The number of benzene rings is 3. The highest BCUT2D eigenvalue weighted by molar-refractivity contribution is 14.1. The number of ether oxygens (including phenoxy) is 3. The van der Waals surface area contributed by atoms with Gasteiger partial charge in [-0.15, -0.1) is 0 Å². The number of rotatable bonds is 9. The average molecular weight is 798 g/mol. The minimum Gasteiger partial charge on any atom is -0.491 e. The fraction of sp³-hybridized carbons (Fsp3) is 0.235. The van der Waals surface area contributed by atoms with Gasteiger partial charge in [-0.05, 0) is 102 Å². The first-order valence-corrected chi connectivity index (χ1v) is 16.9. The molecule has 0 amide bonds. The Balaban J connectivity index is 1.58. The summed E-state index contributed by atoms with van der Waals surface area (Å²) in [6, 6.07) is 20.0. The molecular formula is C34H29BrIN3O5S. The summed E-state index contributed by atoms with van der Waals surface area (Å²) in [6.07, 6.45) is 1.69. The van der Waals surface area contributed by atoms with Gasteiger partial charge in [0, 0.05) is 11.1 Å². The Morgan fingerprint density at radius 3 is 2.64 bits per heavy atom. The molecule has 0 saturated heterocycles. The van der Waals surface area contributed by atoms with E-state index < -0.39 is 12.0 Å². The third kappa shape index (κ3) is 6.93. The van der Waals surface area contributed by atoms with E-state index in [9.17, 15) is 14.9 Å². The van der Waals surface area contributed by atoms with Crippen LogP contribution in [0, 0.1) is 14.9 Å². The molecule has 0 fully saturated rings. The van der Waals surface area contributed by atoms with Gasteiger partial charge in [-0.2, -0.15) is 5.26 Å². The highest BCUT2D eigenvalue weighted by atomic mass is 127. The van der Waals surface area contributed by atoms with E-state index in [1.54, 1.807) is 24.5 Å². The molecule has 0 saturated carbocycles. The van der Waals surface area contributed by atoms with Crippen LogP contribution in [-0.2, 0) is 16.1 Å². The molecular weight excluding hydrogens is 769 g/mol. The summed E-state index contributed by atoms with van der Waals surface area (Å²) in [4.78, 5) is 32.6. The van der Waals surface area contributed by atoms with Crippen molar-refractivity contribution in [3.63, 3.8) is 0 Å². The van der Waals surface area contributed by atoms with Crippen molar-refractivity contribution in [3.8, 4) is 17.6 Å². The van der Waals surface area contributed by atoms with Crippen molar-refractivity contribution in [2.45, 2.75) is 46.4 Å². The molecule has 1 atom stereocenters. The largest absolute Gasteiger partial charge is 0.491 e. The molecule has 3 aromatic carbocycles. The second kappa shape index (κ2) is 14.1. The molecule has 1 aliphatic heterocycles. The zero-order valence-electron chi connectivity index (χ0n) is 25.0. The predicted molar refractivity (Wildman–Crippen MR) is 185 cm³/mol. The first-order chi connectivity index (χ1) is 21.6. The number of para-hydroxylation sites is 1. The van der Waals surface area contributed by atoms with Crippen LogP contribution in [0.3, 0.4) is 0 Å². The van der Waals surface area contributed by atoms with Crippen LogP contribution < -0.4 is 24.4 Å². The van der Waals surface area contributed by atoms with Crippen molar-refractivity contribution in [1.29, 1.82) is 5.26 Å². The summed E-state index contributed by atoms with van der Waals surface area (Å²) in [6.45, 7) is 7.78. The number of hydrogen-bond acceptors (Lipinski definition) is 8. The van der Waals surface area contributed by atoms with Gasteiger partial charge < -0.3 is 14.2 Å². The fourth-order valence-corrected chi connectivity index (χ4v) is 7.83. The first kappa shape index (κ1) is 32.7. The molecule has 230 valence electrons. The number of fused-ring (bicyclic) bond motifs is 1. The third-order valence-corrected chi connectivity index (χ3v) is 9.29. The molecule has 1 aliphatic rings. The Morgan fingerprint density at radius 1 is 1.20 bits per heavy atom. The molecule has 0 radical (unpaired) electrons. The smallest absolute Gasteiger partial charge is 0.338 e. The summed E-state index contributed by atoms with van der Waals surface area (Å²) >= 11 is 7.07. The molecule has 1 aromatic heterocycles. The second-order valence-corrected chi connectivity index (χ2v) is 13.4. The number of thiazole rings is 1. The zero-order chi connectivity index (χ0) is 32.2. The van der Waals surface area contributed by atoms with Crippen LogP contribution >= 0.6 is 49.9 Å². The SMILES string of the molecule is CCOC(=O)C1=C(C)N=c2s/c(=C/c3cc(Br)c(OCc4ccccc4C#N)c(I)c3)c(=O)n2[C@H]1c1ccccc1OC(C)C. The lowest BCUT2D eigenvalue weighted by Gasteiger charge is -2.26. The Labute approximate surface area is 286 Å². The quantitative estimate of drug-likeness (QED) is 0.144. The molecule has 5 rings (SSSR count). The maximum Gasteiger partial charge on any atom is 0.338 e. The normalized spacial score (nSPS) is 14.5. The van der Waals surface area contributed by atoms with Crippen LogP contribution in [0.15, 0.2) is 86.2 Å². The number of allylic oxidation sites excluding steroid dienone is 1. The van der Waals surface area contributed by atoms with Gasteiger partial charge in [-0.25, -0.2) is 9.79 Å². The Kier molecular flexibility index (Phi) is 10.3. The maximum atomic E-state index is 14.1. The maximum absolute atomic E-state index is 14.1. The summed E-state index contributed by atoms with van der Waals surface area (Å²) in [5.74, 6) is 0.692. The van der Waals surface area contributed by atoms with Crippen LogP contribution in [0.2, 0.25) is 0 Å². The Hall–Kier alpha value is -3.73. The summed E-state index contributed by atoms with van der Waals surface area (Å²) in [5, 5.41) is 9.41. The fourth-order valence-electron chi connectivity index (χ4n) is 5.01. The van der Waals surface area contributed by atoms with Gasteiger partial charge in [0.25, 0.3) is 5.56 Å². The number of nitriles is 1. The number of carbonyl (C=O) groups excluding carboxylic acids is 1. The first-order valence-electron chi connectivity index (χ1n) is 14.2. The summed E-state index contributed by atoms with van der Waals surface area (Å²) in [7, 11) is 0. The van der Waals surface area contributed by atoms with E-state index in [0.29, 0.717) is 47.7 Å². The molecule has 0 bridgehead atoms. The van der Waals surface area contributed by atoms with E-state index in [1.807, 2.05) is 74.5 Å². The molecule has 8 nitrogen and oxygen atoms in total. The minimum absolute atomic E-state index is 0.118. The standard InChI is InChI=1S/C34H29BrIN3O5S/c1-5-42-33(41)29-20(4)38-34-39(30(29)24-12-8-9-13-27(24)44-19(2)3)32(40)28(45-34)16-21-14-25(35)31(26(36)15-21)43-18-23-11-7-6-10-22(23)17-37/h6-16,19,30H,5,18H2,1-4H3/b28-16+/t30-/m0/s1. The van der Waals surface area contributed by atoms with Crippen molar-refractivity contribution >= 4 is 61.9 Å².